The summed E-state index contributed by atoms with van der Waals surface area (Å²) in [5, 5.41) is 9.88. The van der Waals surface area contributed by atoms with Gasteiger partial charge in [0.15, 0.2) is 0 Å². The molecule has 2 rings (SSSR count). The van der Waals surface area contributed by atoms with Crippen molar-refractivity contribution >= 4 is 5.91 Å². The molecule has 0 radical (unpaired) electrons. The minimum atomic E-state index is -0.448. The van der Waals surface area contributed by atoms with E-state index in [2.05, 4.69) is 4.98 Å². The molecule has 0 aromatic carbocycles. The summed E-state index contributed by atoms with van der Waals surface area (Å²) < 4.78 is 5.55. The van der Waals surface area contributed by atoms with Gasteiger partial charge < -0.3 is 14.7 Å². The predicted octanol–water partition coefficient (Wildman–Crippen LogP) is 1.71. The number of likely N-dealkylation sites (tertiary alicyclic amines) is 1. The Balaban J connectivity index is 2.09. The van der Waals surface area contributed by atoms with Gasteiger partial charge in [0, 0.05) is 19.3 Å². The van der Waals surface area contributed by atoms with Gasteiger partial charge in [0.25, 0.3) is 5.91 Å². The highest BCUT2D eigenvalue weighted by Crippen LogP contribution is 2.20. The zero-order chi connectivity index (χ0) is 14.7. The van der Waals surface area contributed by atoms with Crippen LogP contribution >= 0.6 is 0 Å². The number of hydrogen-bond donors (Lipinski definition) is 1. The Morgan fingerprint density at radius 1 is 1.50 bits per heavy atom. The van der Waals surface area contributed by atoms with Crippen LogP contribution in [0.5, 0.6) is 5.75 Å². The van der Waals surface area contributed by atoms with Crippen LogP contribution in [-0.2, 0) is 0 Å². The molecule has 1 aromatic heterocycles. The lowest BCUT2D eigenvalue weighted by Gasteiger charge is -2.34. The smallest absolute Gasteiger partial charge is 0.255 e. The summed E-state index contributed by atoms with van der Waals surface area (Å²) >= 11 is 0. The van der Waals surface area contributed by atoms with Gasteiger partial charge in [-0.05, 0) is 32.3 Å². The zero-order valence-corrected chi connectivity index (χ0v) is 12.2. The van der Waals surface area contributed by atoms with Crippen molar-refractivity contribution in [3.05, 3.63) is 24.0 Å². The van der Waals surface area contributed by atoms with Crippen LogP contribution in [0.4, 0.5) is 0 Å². The maximum Gasteiger partial charge on any atom is 0.255 e. The van der Waals surface area contributed by atoms with Gasteiger partial charge >= 0.3 is 0 Å². The number of carbonyl (C=O) groups excluding carboxylic acids is 1. The number of carbonyl (C=O) groups is 1. The maximum atomic E-state index is 12.4. The first-order valence-corrected chi connectivity index (χ1v) is 7.06. The first-order chi connectivity index (χ1) is 9.47. The summed E-state index contributed by atoms with van der Waals surface area (Å²) in [7, 11) is 0. The van der Waals surface area contributed by atoms with E-state index < -0.39 is 6.10 Å². The Labute approximate surface area is 119 Å². The molecule has 2 heterocycles. The number of aliphatic hydroxyl groups excluding tert-OH is 1. The Morgan fingerprint density at radius 2 is 2.25 bits per heavy atom. The molecule has 5 heteroatoms. The zero-order valence-electron chi connectivity index (χ0n) is 12.2. The molecule has 2 atom stereocenters. The van der Waals surface area contributed by atoms with Crippen molar-refractivity contribution in [2.75, 3.05) is 13.1 Å². The Hall–Kier alpha value is -1.62. The summed E-state index contributed by atoms with van der Waals surface area (Å²) in [5.41, 5.74) is 0.505. The van der Waals surface area contributed by atoms with E-state index >= 15 is 0 Å². The van der Waals surface area contributed by atoms with Crippen molar-refractivity contribution in [2.45, 2.75) is 39.4 Å². The monoisotopic (exact) mass is 278 g/mol. The number of rotatable bonds is 3. The summed E-state index contributed by atoms with van der Waals surface area (Å²) in [4.78, 5) is 18.1. The number of aromatic nitrogens is 1. The van der Waals surface area contributed by atoms with Gasteiger partial charge in [-0.1, -0.05) is 6.92 Å². The normalized spacial score (nSPS) is 22.9. The molecule has 0 bridgehead atoms. The number of ether oxygens (including phenoxy) is 1. The maximum absolute atomic E-state index is 12.4. The van der Waals surface area contributed by atoms with Gasteiger partial charge in [-0.25, -0.2) is 0 Å². The second kappa shape index (κ2) is 6.22. The third-order valence-electron chi connectivity index (χ3n) is 3.54. The number of β-amino-alcohol motifs (C(OH)–C–C–N with tert-alkyl or cyclic N) is 1. The van der Waals surface area contributed by atoms with E-state index in [0.29, 0.717) is 24.4 Å². The fourth-order valence-corrected chi connectivity index (χ4v) is 2.29. The minimum absolute atomic E-state index is 0.0415. The van der Waals surface area contributed by atoms with E-state index in [1.807, 2.05) is 20.8 Å². The molecular formula is C15H22N2O3. The number of aliphatic hydroxyl groups is 1. The van der Waals surface area contributed by atoms with E-state index in [0.717, 1.165) is 6.42 Å². The summed E-state index contributed by atoms with van der Waals surface area (Å²) in [6.45, 7) is 6.92. The Morgan fingerprint density at radius 3 is 2.90 bits per heavy atom. The predicted molar refractivity (Wildman–Crippen MR) is 75.7 cm³/mol. The Bertz CT molecular complexity index is 476. The van der Waals surface area contributed by atoms with E-state index in [1.165, 1.54) is 0 Å². The van der Waals surface area contributed by atoms with Crippen LogP contribution in [0.25, 0.3) is 0 Å². The van der Waals surface area contributed by atoms with Crippen LogP contribution in [0.2, 0.25) is 0 Å². The molecule has 0 aliphatic carbocycles. The van der Waals surface area contributed by atoms with Crippen molar-refractivity contribution in [1.82, 2.24) is 9.88 Å². The van der Waals surface area contributed by atoms with Gasteiger partial charge in [0.2, 0.25) is 0 Å². The van der Waals surface area contributed by atoms with Crippen LogP contribution in [-0.4, -0.2) is 46.2 Å². The van der Waals surface area contributed by atoms with Crippen LogP contribution in [0.15, 0.2) is 18.5 Å². The third kappa shape index (κ3) is 3.48. The van der Waals surface area contributed by atoms with Crippen molar-refractivity contribution in [3.8, 4) is 5.75 Å². The lowest BCUT2D eigenvalue weighted by Crippen LogP contribution is -2.45. The van der Waals surface area contributed by atoms with Crippen LogP contribution < -0.4 is 4.74 Å². The van der Waals surface area contributed by atoms with E-state index in [9.17, 15) is 9.90 Å². The number of pyridine rings is 1. The second-order valence-electron chi connectivity index (χ2n) is 5.66. The fraction of sp³-hybridized carbons (Fsp3) is 0.600. The molecule has 1 saturated heterocycles. The van der Waals surface area contributed by atoms with Gasteiger partial charge in [-0.15, -0.1) is 0 Å². The van der Waals surface area contributed by atoms with Crippen molar-refractivity contribution in [3.63, 3.8) is 0 Å². The lowest BCUT2D eigenvalue weighted by atomic mass is 9.95. The molecule has 2 unspecified atom stereocenters. The average Bonchev–Trinajstić information content (AvgIpc) is 2.40. The minimum Gasteiger partial charge on any atom is -0.489 e. The summed E-state index contributed by atoms with van der Waals surface area (Å²) in [6, 6.07) is 1.71. The van der Waals surface area contributed by atoms with E-state index in [4.69, 9.17) is 4.74 Å². The first-order valence-electron chi connectivity index (χ1n) is 7.06. The van der Waals surface area contributed by atoms with Gasteiger partial charge in [-0.3, -0.25) is 9.78 Å². The molecule has 5 nitrogen and oxygen atoms in total. The summed E-state index contributed by atoms with van der Waals surface area (Å²) in [5.74, 6) is 0.738. The third-order valence-corrected chi connectivity index (χ3v) is 3.54. The average molecular weight is 278 g/mol. The van der Waals surface area contributed by atoms with Crippen molar-refractivity contribution < 1.29 is 14.6 Å². The van der Waals surface area contributed by atoms with E-state index in [-0.39, 0.29) is 17.9 Å². The molecule has 0 saturated carbocycles. The molecule has 20 heavy (non-hydrogen) atoms. The van der Waals surface area contributed by atoms with Gasteiger partial charge in [0.1, 0.15) is 5.75 Å². The SMILES string of the molecule is CC(C)Oc1cncc(C(=O)N2CCC(C)C(O)C2)c1. The number of amides is 1. The molecule has 1 amide bonds. The molecule has 110 valence electrons. The fourth-order valence-electron chi connectivity index (χ4n) is 2.29. The first kappa shape index (κ1) is 14.8. The number of nitrogens with zero attached hydrogens (tertiary/aromatic N) is 2. The number of hydrogen-bond acceptors (Lipinski definition) is 4. The van der Waals surface area contributed by atoms with Gasteiger partial charge in [0.05, 0.1) is 24.0 Å². The topological polar surface area (TPSA) is 62.7 Å². The molecule has 1 aromatic rings. The van der Waals surface area contributed by atoms with Gasteiger partial charge in [-0.2, -0.15) is 0 Å². The molecular weight excluding hydrogens is 256 g/mol. The highest BCUT2D eigenvalue weighted by atomic mass is 16.5. The standard InChI is InChI=1S/C15H22N2O3/c1-10(2)20-13-6-12(7-16-8-13)15(19)17-5-4-11(3)14(18)9-17/h6-8,10-11,14,18H,4-5,9H2,1-3H3. The second-order valence-corrected chi connectivity index (χ2v) is 5.66. The van der Waals surface area contributed by atoms with Crippen molar-refractivity contribution in [1.29, 1.82) is 0 Å². The molecule has 1 aliphatic heterocycles. The highest BCUT2D eigenvalue weighted by molar-refractivity contribution is 5.94. The van der Waals surface area contributed by atoms with Crippen LogP contribution in [0.3, 0.4) is 0 Å². The molecule has 1 N–H and O–H groups in total. The highest BCUT2D eigenvalue weighted by Gasteiger charge is 2.28. The number of piperidine rings is 1. The quantitative estimate of drug-likeness (QED) is 0.914. The van der Waals surface area contributed by atoms with Crippen molar-refractivity contribution in [2.24, 2.45) is 5.92 Å². The molecule has 0 spiro atoms. The molecule has 1 fully saturated rings. The molecule has 1 aliphatic rings. The van der Waals surface area contributed by atoms with E-state index in [1.54, 1.807) is 23.4 Å². The lowest BCUT2D eigenvalue weighted by molar-refractivity contribution is 0.0248. The van der Waals surface area contributed by atoms with Crippen LogP contribution in [0, 0.1) is 5.92 Å². The van der Waals surface area contributed by atoms with Crippen LogP contribution in [0.1, 0.15) is 37.6 Å². The summed E-state index contributed by atoms with van der Waals surface area (Å²) in [6.07, 6.45) is 3.56. The largest absolute Gasteiger partial charge is 0.489 e. The Kier molecular flexibility index (Phi) is 4.60.